The second-order valence-electron chi connectivity index (χ2n) is 7.05. The van der Waals surface area contributed by atoms with E-state index in [0.29, 0.717) is 17.1 Å². The molecule has 33 heavy (non-hydrogen) atoms. The van der Waals surface area contributed by atoms with E-state index in [0.717, 1.165) is 22.9 Å². The van der Waals surface area contributed by atoms with Crippen LogP contribution in [0.4, 0.5) is 19.0 Å². The fraction of sp³-hybridized carbons (Fsp3) is 0.190. The fourth-order valence-corrected chi connectivity index (χ4v) is 3.22. The number of anilines is 1. The van der Waals surface area contributed by atoms with E-state index >= 15 is 0 Å². The highest BCUT2D eigenvalue weighted by molar-refractivity contribution is 6.32. The van der Waals surface area contributed by atoms with Crippen LogP contribution in [-0.4, -0.2) is 30.8 Å². The number of aryl methyl sites for hydroxylation is 2. The fourth-order valence-electron chi connectivity index (χ4n) is 3.02. The molecule has 1 amide bonds. The molecule has 4 aromatic rings. The van der Waals surface area contributed by atoms with Crippen LogP contribution < -0.4 is 5.32 Å². The van der Waals surface area contributed by atoms with Crippen LogP contribution in [0.25, 0.3) is 17.1 Å². The monoisotopic (exact) mass is 476 g/mol. The number of hydrogen-bond acceptors (Lipinski definition) is 6. The zero-order valence-electron chi connectivity index (χ0n) is 17.1. The molecular formula is C21H16ClF3N6O2. The molecule has 0 atom stereocenters. The number of nitrogens with zero attached hydrogens (tertiary/aromatic N) is 5. The standard InChI is InChI=1S/C21H16ClF3N6O2/c1-12-9-17(31(29-12)16-10-14(21(23,24)25)4-5-15(16)22)27-18(32)6-7-19-28-20(30-33-19)13-3-2-8-26-11-13/h2-5,8-11H,6-7H2,1H3,(H,27,32). The maximum absolute atomic E-state index is 13.1. The third-order valence-corrected chi connectivity index (χ3v) is 4.87. The molecule has 1 aromatic carbocycles. The number of pyridine rings is 1. The first-order valence-corrected chi connectivity index (χ1v) is 10.0. The van der Waals surface area contributed by atoms with E-state index in [1.165, 1.54) is 6.07 Å². The lowest BCUT2D eigenvalue weighted by Gasteiger charge is -2.13. The van der Waals surface area contributed by atoms with Gasteiger partial charge in [0.2, 0.25) is 17.6 Å². The average Bonchev–Trinajstić information content (AvgIpc) is 3.39. The van der Waals surface area contributed by atoms with E-state index in [9.17, 15) is 18.0 Å². The van der Waals surface area contributed by atoms with Gasteiger partial charge in [0.1, 0.15) is 5.82 Å². The minimum atomic E-state index is -4.55. The minimum Gasteiger partial charge on any atom is -0.339 e. The van der Waals surface area contributed by atoms with Crippen LogP contribution in [0.5, 0.6) is 0 Å². The SMILES string of the molecule is Cc1cc(NC(=O)CCc2nc(-c3cccnc3)no2)n(-c2cc(C(F)(F)F)ccc2Cl)n1. The van der Waals surface area contributed by atoms with Crippen molar-refractivity contribution in [1.29, 1.82) is 0 Å². The number of rotatable bonds is 6. The Morgan fingerprint density at radius 3 is 2.79 bits per heavy atom. The van der Waals surface area contributed by atoms with Gasteiger partial charge in [-0.15, -0.1) is 0 Å². The first kappa shape index (κ1) is 22.5. The van der Waals surface area contributed by atoms with Crippen molar-refractivity contribution in [3.8, 4) is 17.1 Å². The molecule has 0 aliphatic carbocycles. The van der Waals surface area contributed by atoms with Gasteiger partial charge < -0.3 is 9.84 Å². The van der Waals surface area contributed by atoms with Crippen molar-refractivity contribution in [3.63, 3.8) is 0 Å². The highest BCUT2D eigenvalue weighted by Crippen LogP contribution is 2.34. The van der Waals surface area contributed by atoms with Crippen LogP contribution >= 0.6 is 11.6 Å². The van der Waals surface area contributed by atoms with Crippen molar-refractivity contribution < 1.29 is 22.5 Å². The number of halogens is 4. The Morgan fingerprint density at radius 2 is 2.06 bits per heavy atom. The van der Waals surface area contributed by atoms with Crippen molar-refractivity contribution in [2.45, 2.75) is 25.9 Å². The Balaban J connectivity index is 1.48. The number of alkyl halides is 3. The van der Waals surface area contributed by atoms with Crippen LogP contribution in [0.1, 0.15) is 23.6 Å². The summed E-state index contributed by atoms with van der Waals surface area (Å²) in [5.74, 6) is 0.377. The van der Waals surface area contributed by atoms with Crippen molar-refractivity contribution in [2.75, 3.05) is 5.32 Å². The second-order valence-corrected chi connectivity index (χ2v) is 7.46. The summed E-state index contributed by atoms with van der Waals surface area (Å²) in [5.41, 5.74) is 0.270. The van der Waals surface area contributed by atoms with Crippen molar-refractivity contribution in [1.82, 2.24) is 24.9 Å². The molecule has 0 saturated heterocycles. The van der Waals surface area contributed by atoms with E-state index in [-0.39, 0.29) is 35.3 Å². The lowest BCUT2D eigenvalue weighted by atomic mass is 10.2. The summed E-state index contributed by atoms with van der Waals surface area (Å²) in [6.07, 6.45) is -1.19. The maximum Gasteiger partial charge on any atom is 0.416 e. The van der Waals surface area contributed by atoms with Crippen LogP contribution in [-0.2, 0) is 17.4 Å². The summed E-state index contributed by atoms with van der Waals surface area (Å²) in [5, 5.41) is 10.7. The molecule has 0 saturated carbocycles. The third-order valence-electron chi connectivity index (χ3n) is 4.55. The minimum absolute atomic E-state index is 0.00474. The molecule has 1 N–H and O–H groups in total. The lowest BCUT2D eigenvalue weighted by molar-refractivity contribution is -0.137. The van der Waals surface area contributed by atoms with Gasteiger partial charge in [0.15, 0.2) is 0 Å². The summed E-state index contributed by atoms with van der Waals surface area (Å²) in [6.45, 7) is 1.64. The molecule has 0 bridgehead atoms. The van der Waals surface area contributed by atoms with Crippen LogP contribution in [0.2, 0.25) is 5.02 Å². The molecule has 0 aliphatic heterocycles. The highest BCUT2D eigenvalue weighted by atomic mass is 35.5. The molecule has 8 nitrogen and oxygen atoms in total. The number of amides is 1. The van der Waals surface area contributed by atoms with E-state index in [4.69, 9.17) is 16.1 Å². The van der Waals surface area contributed by atoms with Crippen molar-refractivity contribution >= 4 is 23.3 Å². The van der Waals surface area contributed by atoms with Gasteiger partial charge in [-0.3, -0.25) is 9.78 Å². The normalized spacial score (nSPS) is 11.5. The first-order valence-electron chi connectivity index (χ1n) is 9.67. The molecule has 3 heterocycles. The first-order chi connectivity index (χ1) is 15.7. The predicted molar refractivity (Wildman–Crippen MR) is 113 cm³/mol. The lowest BCUT2D eigenvalue weighted by Crippen LogP contribution is -2.16. The van der Waals surface area contributed by atoms with E-state index < -0.39 is 17.6 Å². The van der Waals surface area contributed by atoms with Gasteiger partial charge in [0.25, 0.3) is 0 Å². The molecule has 12 heteroatoms. The zero-order valence-corrected chi connectivity index (χ0v) is 17.9. The molecule has 0 unspecified atom stereocenters. The summed E-state index contributed by atoms with van der Waals surface area (Å²) < 4.78 is 45.7. The Bertz CT molecular complexity index is 1290. The summed E-state index contributed by atoms with van der Waals surface area (Å²) in [6, 6.07) is 7.93. The number of benzene rings is 1. The van der Waals surface area contributed by atoms with Gasteiger partial charge in [-0.1, -0.05) is 16.8 Å². The van der Waals surface area contributed by atoms with E-state index in [2.05, 4.69) is 25.5 Å². The van der Waals surface area contributed by atoms with Crippen LogP contribution in [0.15, 0.2) is 53.3 Å². The molecular weight excluding hydrogens is 461 g/mol. The average molecular weight is 477 g/mol. The smallest absolute Gasteiger partial charge is 0.339 e. The molecule has 0 spiro atoms. The Labute approximate surface area is 190 Å². The van der Waals surface area contributed by atoms with Gasteiger partial charge in [-0.25, -0.2) is 4.68 Å². The number of aromatic nitrogens is 5. The van der Waals surface area contributed by atoms with Crippen molar-refractivity contribution in [2.24, 2.45) is 0 Å². The van der Waals surface area contributed by atoms with Gasteiger partial charge in [0.05, 0.1) is 22.0 Å². The topological polar surface area (TPSA) is 98.7 Å². The number of carbonyl (C=O) groups is 1. The number of hydrogen-bond donors (Lipinski definition) is 1. The predicted octanol–water partition coefficient (Wildman–Crippen LogP) is 4.87. The Kier molecular flexibility index (Phi) is 6.14. The number of nitrogens with one attached hydrogen (secondary N) is 1. The van der Waals surface area contributed by atoms with Gasteiger partial charge in [-0.2, -0.15) is 23.3 Å². The molecule has 0 radical (unpaired) electrons. The maximum atomic E-state index is 13.1. The Hall–Kier alpha value is -3.73. The summed E-state index contributed by atoms with van der Waals surface area (Å²) in [4.78, 5) is 20.7. The van der Waals surface area contributed by atoms with Gasteiger partial charge in [0, 0.05) is 36.9 Å². The highest BCUT2D eigenvalue weighted by Gasteiger charge is 2.31. The summed E-state index contributed by atoms with van der Waals surface area (Å²) >= 11 is 6.12. The Morgan fingerprint density at radius 1 is 1.24 bits per heavy atom. The molecule has 3 aromatic heterocycles. The molecule has 0 fully saturated rings. The van der Waals surface area contributed by atoms with Gasteiger partial charge >= 0.3 is 6.18 Å². The third kappa shape index (κ3) is 5.20. The van der Waals surface area contributed by atoms with Gasteiger partial charge in [-0.05, 0) is 37.3 Å². The van der Waals surface area contributed by atoms with E-state index in [1.54, 1.807) is 31.5 Å². The zero-order chi connectivity index (χ0) is 23.6. The van der Waals surface area contributed by atoms with E-state index in [1.807, 2.05) is 0 Å². The largest absolute Gasteiger partial charge is 0.416 e. The van der Waals surface area contributed by atoms with Crippen LogP contribution in [0, 0.1) is 6.92 Å². The molecule has 170 valence electrons. The summed E-state index contributed by atoms with van der Waals surface area (Å²) in [7, 11) is 0. The quantitative estimate of drug-likeness (QED) is 0.426. The second kappa shape index (κ2) is 9.02. The molecule has 0 aliphatic rings. The number of carbonyl (C=O) groups excluding carboxylic acids is 1. The van der Waals surface area contributed by atoms with Crippen LogP contribution in [0.3, 0.4) is 0 Å². The van der Waals surface area contributed by atoms with Crippen molar-refractivity contribution in [3.05, 3.63) is 71.0 Å². The molecule has 4 rings (SSSR count).